The number of piperazine rings is 1. The molecular formula is C16H22N4OS. The van der Waals surface area contributed by atoms with E-state index in [0.717, 1.165) is 42.2 Å². The molecule has 6 heteroatoms. The van der Waals surface area contributed by atoms with Crippen molar-refractivity contribution in [3.05, 3.63) is 17.3 Å². The van der Waals surface area contributed by atoms with Crippen molar-refractivity contribution in [3.63, 3.8) is 0 Å². The topological polar surface area (TPSA) is 49.3 Å². The Kier molecular flexibility index (Phi) is 3.80. The van der Waals surface area contributed by atoms with Crippen LogP contribution in [0.3, 0.4) is 0 Å². The number of fused-ring (bicyclic) bond motifs is 1. The summed E-state index contributed by atoms with van der Waals surface area (Å²) in [6.07, 6.45) is 1.64. The zero-order valence-electron chi connectivity index (χ0n) is 13.6. The molecule has 0 radical (unpaired) electrons. The smallest absolute Gasteiger partial charge is 0.228 e. The highest BCUT2D eigenvalue weighted by Crippen LogP contribution is 2.30. The first kappa shape index (κ1) is 15.2. The first-order valence-electron chi connectivity index (χ1n) is 7.62. The number of nitrogens with zero attached hydrogens (tertiary/aromatic N) is 4. The van der Waals surface area contributed by atoms with Crippen LogP contribution >= 0.6 is 11.3 Å². The minimum absolute atomic E-state index is 0.228. The molecule has 1 aliphatic rings. The third-order valence-electron chi connectivity index (χ3n) is 3.94. The van der Waals surface area contributed by atoms with Gasteiger partial charge in [0.15, 0.2) is 0 Å². The predicted octanol–water partition coefficient (Wildman–Crippen LogP) is 2.69. The molecule has 1 saturated heterocycles. The fourth-order valence-electron chi connectivity index (χ4n) is 2.81. The van der Waals surface area contributed by atoms with Gasteiger partial charge in [-0.1, -0.05) is 20.8 Å². The Hall–Kier alpha value is -1.69. The van der Waals surface area contributed by atoms with Crippen LogP contribution in [0.4, 0.5) is 5.82 Å². The summed E-state index contributed by atoms with van der Waals surface area (Å²) in [4.78, 5) is 27.7. The average molecular weight is 318 g/mol. The summed E-state index contributed by atoms with van der Waals surface area (Å²) < 4.78 is 0. The predicted molar refractivity (Wildman–Crippen MR) is 90.4 cm³/mol. The molecule has 0 atom stereocenters. The zero-order valence-corrected chi connectivity index (χ0v) is 14.4. The summed E-state index contributed by atoms with van der Waals surface area (Å²) in [5, 5.41) is 1.13. The highest BCUT2D eigenvalue weighted by molar-refractivity contribution is 7.18. The lowest BCUT2D eigenvalue weighted by Crippen LogP contribution is -2.51. The Bertz CT molecular complexity index is 696. The van der Waals surface area contributed by atoms with E-state index in [2.05, 4.69) is 27.9 Å². The van der Waals surface area contributed by atoms with E-state index in [4.69, 9.17) is 0 Å². The minimum atomic E-state index is -0.311. The van der Waals surface area contributed by atoms with Gasteiger partial charge in [-0.25, -0.2) is 9.97 Å². The molecule has 0 saturated carbocycles. The summed E-state index contributed by atoms with van der Waals surface area (Å²) in [5.74, 6) is 1.23. The van der Waals surface area contributed by atoms with Gasteiger partial charge in [0.2, 0.25) is 5.91 Å². The monoisotopic (exact) mass is 318 g/mol. The maximum Gasteiger partial charge on any atom is 0.228 e. The second kappa shape index (κ2) is 5.50. The Morgan fingerprint density at radius 3 is 2.50 bits per heavy atom. The van der Waals surface area contributed by atoms with Crippen molar-refractivity contribution in [2.45, 2.75) is 27.7 Å². The van der Waals surface area contributed by atoms with Crippen molar-refractivity contribution < 1.29 is 4.79 Å². The van der Waals surface area contributed by atoms with Gasteiger partial charge >= 0.3 is 0 Å². The van der Waals surface area contributed by atoms with Crippen molar-refractivity contribution in [1.82, 2.24) is 14.9 Å². The van der Waals surface area contributed by atoms with Crippen LogP contribution in [-0.2, 0) is 4.79 Å². The molecule has 0 aromatic carbocycles. The number of amides is 1. The van der Waals surface area contributed by atoms with Crippen LogP contribution in [0.15, 0.2) is 12.4 Å². The second-order valence-corrected chi connectivity index (χ2v) is 8.04. The fourth-order valence-corrected chi connectivity index (χ4v) is 3.65. The number of aryl methyl sites for hydroxylation is 1. The molecule has 5 nitrogen and oxygen atoms in total. The maximum atomic E-state index is 12.4. The summed E-state index contributed by atoms with van der Waals surface area (Å²) in [6, 6.07) is 2.15. The van der Waals surface area contributed by atoms with Crippen LogP contribution < -0.4 is 4.90 Å². The first-order valence-corrected chi connectivity index (χ1v) is 8.43. The van der Waals surface area contributed by atoms with E-state index in [1.807, 2.05) is 25.7 Å². The van der Waals surface area contributed by atoms with Gasteiger partial charge in [-0.3, -0.25) is 4.79 Å². The normalized spacial score (nSPS) is 16.4. The van der Waals surface area contributed by atoms with Crippen LogP contribution in [0.2, 0.25) is 0 Å². The summed E-state index contributed by atoms with van der Waals surface area (Å²) in [7, 11) is 0. The number of carbonyl (C=O) groups is 1. The molecule has 22 heavy (non-hydrogen) atoms. The van der Waals surface area contributed by atoms with Crippen molar-refractivity contribution in [2.24, 2.45) is 5.41 Å². The summed E-state index contributed by atoms with van der Waals surface area (Å²) >= 11 is 1.70. The fraction of sp³-hybridized carbons (Fsp3) is 0.562. The van der Waals surface area contributed by atoms with Crippen molar-refractivity contribution in [3.8, 4) is 0 Å². The van der Waals surface area contributed by atoms with Gasteiger partial charge in [-0.15, -0.1) is 11.3 Å². The number of rotatable bonds is 1. The van der Waals surface area contributed by atoms with Crippen LogP contribution in [-0.4, -0.2) is 47.0 Å². The number of hydrogen-bond acceptors (Lipinski definition) is 5. The zero-order chi connectivity index (χ0) is 15.9. The van der Waals surface area contributed by atoms with Crippen LogP contribution in [0.25, 0.3) is 10.2 Å². The molecule has 3 heterocycles. The van der Waals surface area contributed by atoms with Gasteiger partial charge in [-0.05, 0) is 13.0 Å². The Balaban J connectivity index is 1.77. The highest BCUT2D eigenvalue weighted by atomic mass is 32.1. The number of thiophene rings is 1. The number of carbonyl (C=O) groups excluding carboxylic acids is 1. The molecule has 1 fully saturated rings. The minimum Gasteiger partial charge on any atom is -0.352 e. The molecule has 0 bridgehead atoms. The van der Waals surface area contributed by atoms with E-state index in [1.54, 1.807) is 17.7 Å². The standard InChI is InChI=1S/C16H22N4OS/c1-11-9-12-13(17-10-18-14(12)22-11)19-5-7-20(8-6-19)15(21)16(2,3)4/h9-10H,5-8H2,1-4H3. The highest BCUT2D eigenvalue weighted by Gasteiger charge is 2.30. The third kappa shape index (κ3) is 2.79. The van der Waals surface area contributed by atoms with E-state index < -0.39 is 0 Å². The van der Waals surface area contributed by atoms with E-state index in [-0.39, 0.29) is 11.3 Å². The molecule has 0 aliphatic carbocycles. The molecule has 3 rings (SSSR count). The lowest BCUT2D eigenvalue weighted by Gasteiger charge is -2.38. The first-order chi connectivity index (χ1) is 10.4. The quantitative estimate of drug-likeness (QED) is 0.811. The molecule has 118 valence electrons. The maximum absolute atomic E-state index is 12.4. The van der Waals surface area contributed by atoms with Gasteiger partial charge in [0, 0.05) is 36.5 Å². The summed E-state index contributed by atoms with van der Waals surface area (Å²) in [6.45, 7) is 11.2. The third-order valence-corrected chi connectivity index (χ3v) is 4.90. The Labute approximate surface area is 135 Å². The Morgan fingerprint density at radius 2 is 1.86 bits per heavy atom. The molecule has 2 aromatic heterocycles. The van der Waals surface area contributed by atoms with Gasteiger partial charge in [0.05, 0.1) is 5.39 Å². The van der Waals surface area contributed by atoms with E-state index >= 15 is 0 Å². The van der Waals surface area contributed by atoms with Crippen LogP contribution in [0, 0.1) is 12.3 Å². The van der Waals surface area contributed by atoms with Gasteiger partial charge in [0.25, 0.3) is 0 Å². The van der Waals surface area contributed by atoms with Gasteiger partial charge in [0.1, 0.15) is 17.0 Å². The molecule has 0 N–H and O–H groups in total. The number of hydrogen-bond donors (Lipinski definition) is 0. The molecular weight excluding hydrogens is 296 g/mol. The molecule has 1 aliphatic heterocycles. The second-order valence-electron chi connectivity index (χ2n) is 6.80. The molecule has 1 amide bonds. The Morgan fingerprint density at radius 1 is 1.18 bits per heavy atom. The van der Waals surface area contributed by atoms with E-state index in [9.17, 15) is 4.79 Å². The molecule has 0 spiro atoms. The average Bonchev–Trinajstić information content (AvgIpc) is 2.85. The SMILES string of the molecule is Cc1cc2c(N3CCN(C(=O)C(C)(C)C)CC3)ncnc2s1. The largest absolute Gasteiger partial charge is 0.352 e. The van der Waals surface area contributed by atoms with Crippen molar-refractivity contribution in [1.29, 1.82) is 0 Å². The van der Waals surface area contributed by atoms with Crippen LogP contribution in [0.5, 0.6) is 0 Å². The van der Waals surface area contributed by atoms with Gasteiger partial charge in [-0.2, -0.15) is 0 Å². The molecule has 2 aromatic rings. The lowest BCUT2D eigenvalue weighted by molar-refractivity contribution is -0.139. The van der Waals surface area contributed by atoms with Gasteiger partial charge < -0.3 is 9.80 Å². The number of aromatic nitrogens is 2. The van der Waals surface area contributed by atoms with Crippen molar-refractivity contribution in [2.75, 3.05) is 31.1 Å². The van der Waals surface area contributed by atoms with Crippen molar-refractivity contribution >= 4 is 33.3 Å². The number of anilines is 1. The lowest BCUT2D eigenvalue weighted by atomic mass is 9.94. The van der Waals surface area contributed by atoms with E-state index in [0.29, 0.717) is 0 Å². The van der Waals surface area contributed by atoms with Crippen LogP contribution in [0.1, 0.15) is 25.6 Å². The molecule has 0 unspecified atom stereocenters. The summed E-state index contributed by atoms with van der Waals surface area (Å²) in [5.41, 5.74) is -0.311. The van der Waals surface area contributed by atoms with E-state index in [1.165, 1.54) is 4.88 Å².